The summed E-state index contributed by atoms with van der Waals surface area (Å²) in [7, 11) is -3.64. The van der Waals surface area contributed by atoms with Crippen LogP contribution in [-0.2, 0) is 23.1 Å². The zero-order valence-corrected chi connectivity index (χ0v) is 22.7. The highest BCUT2D eigenvalue weighted by molar-refractivity contribution is 9.10. The highest BCUT2D eigenvalue weighted by Gasteiger charge is 2.28. The van der Waals surface area contributed by atoms with Crippen molar-refractivity contribution in [1.29, 1.82) is 0 Å². The van der Waals surface area contributed by atoms with Crippen molar-refractivity contribution in [3.05, 3.63) is 79.4 Å². The Morgan fingerprint density at radius 2 is 1.62 bits per heavy atom. The van der Waals surface area contributed by atoms with E-state index in [2.05, 4.69) is 47.9 Å². The Bertz CT molecular complexity index is 1630. The van der Waals surface area contributed by atoms with Crippen LogP contribution in [0.4, 0.5) is 0 Å². The number of aromatic nitrogens is 4. The van der Waals surface area contributed by atoms with Gasteiger partial charge in [-0.2, -0.15) is 4.31 Å². The van der Waals surface area contributed by atoms with Crippen LogP contribution in [0.5, 0.6) is 0 Å². The average Bonchev–Trinajstić information content (AvgIpc) is 3.32. The van der Waals surface area contributed by atoms with Crippen LogP contribution in [0.25, 0.3) is 22.6 Å². The summed E-state index contributed by atoms with van der Waals surface area (Å²) in [6, 6.07) is 14.5. The fourth-order valence-electron chi connectivity index (χ4n) is 4.49. The molecular weight excluding hydrogens is 560 g/mol. The molecule has 12 heteroatoms. The summed E-state index contributed by atoms with van der Waals surface area (Å²) in [6.45, 7) is 5.11. The molecule has 2 aromatic carbocycles. The Labute approximate surface area is 222 Å². The number of halogens is 1. The van der Waals surface area contributed by atoms with Gasteiger partial charge >= 0.3 is 5.69 Å². The third-order valence-electron chi connectivity index (χ3n) is 6.50. The Balaban J connectivity index is 1.30. The van der Waals surface area contributed by atoms with Gasteiger partial charge in [0.1, 0.15) is 11.3 Å². The molecule has 3 heterocycles. The van der Waals surface area contributed by atoms with Crippen LogP contribution in [-0.4, -0.2) is 63.3 Å². The number of piperazine rings is 1. The third-order valence-corrected chi connectivity index (χ3v) is 8.94. The van der Waals surface area contributed by atoms with E-state index in [0.717, 1.165) is 15.6 Å². The number of nitrogens with zero attached hydrogens (tertiary/aromatic N) is 4. The van der Waals surface area contributed by atoms with E-state index in [9.17, 15) is 18.0 Å². The van der Waals surface area contributed by atoms with Crippen molar-refractivity contribution < 1.29 is 8.42 Å². The number of aromatic amines is 2. The summed E-state index contributed by atoms with van der Waals surface area (Å²) in [5.41, 5.74) is 1.25. The predicted octanol–water partition coefficient (Wildman–Crippen LogP) is 2.76. The van der Waals surface area contributed by atoms with Crippen molar-refractivity contribution in [1.82, 2.24) is 28.7 Å². The van der Waals surface area contributed by atoms with Gasteiger partial charge in [-0.3, -0.25) is 19.2 Å². The Hall–Kier alpha value is -3.06. The summed E-state index contributed by atoms with van der Waals surface area (Å²) in [6.07, 6.45) is 0.645. The molecule has 0 atom stereocenters. The molecule has 1 saturated heterocycles. The molecule has 4 aromatic rings. The summed E-state index contributed by atoms with van der Waals surface area (Å²) in [4.78, 5) is 37.3. The molecule has 194 valence electrons. The van der Waals surface area contributed by atoms with Gasteiger partial charge in [0.05, 0.1) is 4.90 Å². The first-order chi connectivity index (χ1) is 17.8. The number of H-pyrrole nitrogens is 2. The molecule has 1 aliphatic heterocycles. The van der Waals surface area contributed by atoms with E-state index in [-0.39, 0.29) is 16.1 Å². The molecule has 0 saturated carbocycles. The van der Waals surface area contributed by atoms with Gasteiger partial charge in [-0.25, -0.2) is 18.2 Å². The van der Waals surface area contributed by atoms with Crippen molar-refractivity contribution in [2.45, 2.75) is 31.3 Å². The van der Waals surface area contributed by atoms with E-state index >= 15 is 0 Å². The SMILES string of the molecule is CCCn1c(=O)[nH]c2nc(-c3ccc(S(=O)(=O)N4CCN(Cc5ccc(Br)cc5)CC4)cc3)[nH]c2c1=O. The first kappa shape index (κ1) is 25.6. The number of rotatable bonds is 7. The van der Waals surface area contributed by atoms with Crippen LogP contribution >= 0.6 is 15.9 Å². The van der Waals surface area contributed by atoms with Crippen molar-refractivity contribution in [2.24, 2.45) is 0 Å². The minimum absolute atomic E-state index is 0.176. The molecule has 0 bridgehead atoms. The largest absolute Gasteiger partial charge is 0.332 e. The van der Waals surface area contributed by atoms with Gasteiger partial charge in [-0.05, 0) is 48.4 Å². The van der Waals surface area contributed by atoms with E-state index in [1.54, 1.807) is 24.3 Å². The van der Waals surface area contributed by atoms with E-state index in [1.165, 1.54) is 9.87 Å². The van der Waals surface area contributed by atoms with Crippen LogP contribution in [0.1, 0.15) is 18.9 Å². The highest BCUT2D eigenvalue weighted by atomic mass is 79.9. The molecular formula is C25H27BrN6O4S. The number of fused-ring (bicyclic) bond motifs is 1. The molecule has 10 nitrogen and oxygen atoms in total. The van der Waals surface area contributed by atoms with Gasteiger partial charge in [0.2, 0.25) is 10.0 Å². The van der Waals surface area contributed by atoms with Gasteiger partial charge in [0, 0.05) is 49.3 Å². The molecule has 5 rings (SSSR count). The molecule has 1 fully saturated rings. The number of hydrogen-bond donors (Lipinski definition) is 2. The smallest absolute Gasteiger partial charge is 0.330 e. The summed E-state index contributed by atoms with van der Waals surface area (Å²) >= 11 is 3.44. The summed E-state index contributed by atoms with van der Waals surface area (Å²) in [5, 5.41) is 0. The standard InChI is InChI=1S/C25H27BrN6O4S/c1-2-11-32-24(33)21-23(29-25(32)34)28-22(27-21)18-5-9-20(10-6-18)37(35,36)31-14-12-30(13-15-31)16-17-3-7-19(26)8-4-17/h3-10H,2,11-16H2,1H3,(H,27,28)(H,29,34). The lowest BCUT2D eigenvalue weighted by Gasteiger charge is -2.34. The molecule has 1 aliphatic rings. The lowest BCUT2D eigenvalue weighted by atomic mass is 10.2. The van der Waals surface area contributed by atoms with Crippen LogP contribution < -0.4 is 11.2 Å². The van der Waals surface area contributed by atoms with Gasteiger partial charge < -0.3 is 4.98 Å². The molecule has 37 heavy (non-hydrogen) atoms. The first-order valence-corrected chi connectivity index (χ1v) is 14.3. The second-order valence-electron chi connectivity index (χ2n) is 9.03. The maximum atomic E-state index is 13.3. The molecule has 0 radical (unpaired) electrons. The van der Waals surface area contributed by atoms with Crippen molar-refractivity contribution in [3.8, 4) is 11.4 Å². The van der Waals surface area contributed by atoms with Gasteiger partial charge in [0.15, 0.2) is 5.65 Å². The van der Waals surface area contributed by atoms with Gasteiger partial charge in [0.25, 0.3) is 5.56 Å². The zero-order chi connectivity index (χ0) is 26.2. The highest BCUT2D eigenvalue weighted by Crippen LogP contribution is 2.23. The Kier molecular flexibility index (Phi) is 7.17. The Morgan fingerprint density at radius 3 is 2.27 bits per heavy atom. The lowest BCUT2D eigenvalue weighted by molar-refractivity contribution is 0.181. The summed E-state index contributed by atoms with van der Waals surface area (Å²) < 4.78 is 30.2. The Morgan fingerprint density at radius 1 is 0.946 bits per heavy atom. The number of hydrogen-bond acceptors (Lipinski definition) is 6. The monoisotopic (exact) mass is 586 g/mol. The van der Waals surface area contributed by atoms with E-state index in [0.29, 0.717) is 50.5 Å². The molecule has 0 unspecified atom stereocenters. The predicted molar refractivity (Wildman–Crippen MR) is 145 cm³/mol. The van der Waals surface area contributed by atoms with Crippen LogP contribution in [0.15, 0.2) is 67.5 Å². The molecule has 0 aliphatic carbocycles. The van der Waals surface area contributed by atoms with E-state index < -0.39 is 21.3 Å². The fraction of sp³-hybridized carbons (Fsp3) is 0.320. The zero-order valence-electron chi connectivity index (χ0n) is 20.3. The number of benzene rings is 2. The summed E-state index contributed by atoms with van der Waals surface area (Å²) in [5.74, 6) is 0.377. The topological polar surface area (TPSA) is 124 Å². The average molecular weight is 588 g/mol. The second kappa shape index (κ2) is 10.4. The van der Waals surface area contributed by atoms with Crippen molar-refractivity contribution >= 4 is 37.1 Å². The number of sulfonamides is 1. The fourth-order valence-corrected chi connectivity index (χ4v) is 6.17. The lowest BCUT2D eigenvalue weighted by Crippen LogP contribution is -2.48. The normalized spacial score (nSPS) is 15.4. The van der Waals surface area contributed by atoms with E-state index in [4.69, 9.17) is 0 Å². The first-order valence-electron chi connectivity index (χ1n) is 12.1. The molecule has 2 aromatic heterocycles. The minimum Gasteiger partial charge on any atom is -0.332 e. The maximum Gasteiger partial charge on any atom is 0.330 e. The van der Waals surface area contributed by atoms with Crippen LogP contribution in [0, 0.1) is 0 Å². The quantitative estimate of drug-likeness (QED) is 0.343. The third kappa shape index (κ3) is 5.19. The van der Waals surface area contributed by atoms with Gasteiger partial charge in [-0.15, -0.1) is 0 Å². The molecule has 0 spiro atoms. The second-order valence-corrected chi connectivity index (χ2v) is 11.9. The van der Waals surface area contributed by atoms with Crippen LogP contribution in [0.3, 0.4) is 0 Å². The van der Waals surface area contributed by atoms with Crippen molar-refractivity contribution in [3.63, 3.8) is 0 Å². The van der Waals surface area contributed by atoms with Crippen LogP contribution in [0.2, 0.25) is 0 Å². The molecule has 0 amide bonds. The maximum absolute atomic E-state index is 13.3. The minimum atomic E-state index is -3.64. The van der Waals surface area contributed by atoms with E-state index in [1.807, 2.05) is 19.1 Å². The number of imidazole rings is 1. The van der Waals surface area contributed by atoms with Gasteiger partial charge in [-0.1, -0.05) is 35.0 Å². The number of nitrogens with one attached hydrogen (secondary N) is 2. The van der Waals surface area contributed by atoms with Crippen molar-refractivity contribution in [2.75, 3.05) is 26.2 Å². The molecule has 2 N–H and O–H groups in total.